The van der Waals surface area contributed by atoms with Gasteiger partial charge in [-0.1, -0.05) is 0 Å². The van der Waals surface area contributed by atoms with E-state index in [4.69, 9.17) is 4.42 Å². The van der Waals surface area contributed by atoms with Crippen LogP contribution in [0.15, 0.2) is 53.7 Å². The van der Waals surface area contributed by atoms with E-state index in [1.165, 1.54) is 11.1 Å². The van der Waals surface area contributed by atoms with Crippen molar-refractivity contribution in [3.8, 4) is 0 Å². The molecule has 0 aromatic carbocycles. The van der Waals surface area contributed by atoms with E-state index in [0.717, 1.165) is 11.5 Å². The second-order valence-corrected chi connectivity index (χ2v) is 15.9. The molecule has 1 aromatic heterocycles. The molecule has 0 unspecified atom stereocenters. The third kappa shape index (κ3) is 7.47. The zero-order valence-electron chi connectivity index (χ0n) is 21.9. The SMILES string of the molecule is CC(C)(C)C1=CC(=C/C=C/c2cc(C(C)(C)C)[o+]c(C(C)(C)C)c2)C=C(C(C)(C)C)[Te]1. The van der Waals surface area contributed by atoms with Crippen LogP contribution in [-0.2, 0) is 10.8 Å². The van der Waals surface area contributed by atoms with Crippen LogP contribution in [0.3, 0.4) is 0 Å². The van der Waals surface area contributed by atoms with Crippen LogP contribution in [0, 0.1) is 10.8 Å². The Morgan fingerprint density at radius 1 is 0.645 bits per heavy atom. The van der Waals surface area contributed by atoms with Crippen LogP contribution < -0.4 is 0 Å². The molecular weight excluding hydrogens is 492 g/mol. The molecule has 1 nitrogen and oxygen atoms in total. The number of hydrogen-bond donors (Lipinski definition) is 0. The first-order valence-corrected chi connectivity index (χ1v) is 13.7. The maximum absolute atomic E-state index is 6.28. The molecule has 0 saturated carbocycles. The number of rotatable bonds is 2. The first-order chi connectivity index (χ1) is 13.9. The fourth-order valence-corrected chi connectivity index (χ4v) is 6.52. The van der Waals surface area contributed by atoms with E-state index in [0.29, 0.717) is 0 Å². The molecule has 1 aromatic rings. The Hall–Kier alpha value is -1.10. The van der Waals surface area contributed by atoms with Crippen molar-refractivity contribution in [3.63, 3.8) is 0 Å². The van der Waals surface area contributed by atoms with Gasteiger partial charge in [-0.3, -0.25) is 0 Å². The van der Waals surface area contributed by atoms with Gasteiger partial charge < -0.3 is 0 Å². The van der Waals surface area contributed by atoms with Crippen LogP contribution in [0.5, 0.6) is 0 Å². The molecule has 1 aliphatic heterocycles. The van der Waals surface area contributed by atoms with Crippen molar-refractivity contribution >= 4 is 27.0 Å². The Labute approximate surface area is 201 Å². The average Bonchev–Trinajstić information content (AvgIpc) is 2.58. The Balaban J connectivity index is 2.47. The van der Waals surface area contributed by atoms with Gasteiger partial charge in [0, 0.05) is 0 Å². The van der Waals surface area contributed by atoms with E-state index in [-0.39, 0.29) is 42.6 Å². The minimum absolute atomic E-state index is 0.0231. The molecule has 170 valence electrons. The molecule has 1 aliphatic rings. The van der Waals surface area contributed by atoms with Gasteiger partial charge in [0.25, 0.3) is 0 Å². The van der Waals surface area contributed by atoms with Gasteiger partial charge >= 0.3 is 202 Å². The second kappa shape index (κ2) is 9.03. The summed E-state index contributed by atoms with van der Waals surface area (Å²) >= 11 is -0.283. The summed E-state index contributed by atoms with van der Waals surface area (Å²) in [5, 5.41) is 0. The van der Waals surface area contributed by atoms with Gasteiger partial charge in [0.2, 0.25) is 0 Å². The molecule has 0 aliphatic carbocycles. The molecule has 0 bridgehead atoms. The van der Waals surface area contributed by atoms with Gasteiger partial charge in [0.1, 0.15) is 0 Å². The van der Waals surface area contributed by atoms with Crippen LogP contribution in [0.4, 0.5) is 0 Å². The van der Waals surface area contributed by atoms with Crippen molar-refractivity contribution < 1.29 is 4.42 Å². The van der Waals surface area contributed by atoms with Crippen molar-refractivity contribution in [2.45, 2.75) is 93.9 Å². The fourth-order valence-electron chi connectivity index (χ4n) is 2.98. The van der Waals surface area contributed by atoms with E-state index in [2.05, 4.69) is 126 Å². The molecule has 31 heavy (non-hydrogen) atoms. The summed E-state index contributed by atoms with van der Waals surface area (Å²) in [5.74, 6) is 2.06. The van der Waals surface area contributed by atoms with Crippen molar-refractivity contribution in [1.29, 1.82) is 0 Å². The first kappa shape index (κ1) is 26.2. The van der Waals surface area contributed by atoms with Crippen molar-refractivity contribution in [2.24, 2.45) is 10.8 Å². The van der Waals surface area contributed by atoms with E-state index < -0.39 is 0 Å². The first-order valence-electron chi connectivity index (χ1n) is 11.4. The molecule has 0 fully saturated rings. The van der Waals surface area contributed by atoms with Gasteiger partial charge in [0.15, 0.2) is 0 Å². The third-order valence-corrected chi connectivity index (χ3v) is 10.6. The zero-order chi connectivity index (χ0) is 23.8. The van der Waals surface area contributed by atoms with Crippen LogP contribution in [-0.4, -0.2) is 20.9 Å². The van der Waals surface area contributed by atoms with Crippen molar-refractivity contribution in [1.82, 2.24) is 0 Å². The minimum atomic E-state index is -0.283. The summed E-state index contributed by atoms with van der Waals surface area (Å²) in [4.78, 5) is 0. The standard InChI is InChI=1S/C29H43OTe/c1-26(2,3)22-16-20(17-23(30-22)27(4,5)6)14-13-15-21-18-24(28(7,8)9)31-25(19-21)29(10,11)12/h13-19H,1-12H3/q+1/b14-13+. The topological polar surface area (TPSA) is 11.3 Å². The molecule has 0 atom stereocenters. The monoisotopic (exact) mass is 537 g/mol. The number of allylic oxidation sites excluding steroid dienone is 7. The van der Waals surface area contributed by atoms with Gasteiger partial charge in [-0.15, -0.1) is 0 Å². The van der Waals surface area contributed by atoms with Gasteiger partial charge in [-0.05, 0) is 0 Å². The van der Waals surface area contributed by atoms with E-state index >= 15 is 0 Å². The Kier molecular flexibility index (Phi) is 7.62. The van der Waals surface area contributed by atoms with E-state index in [1.54, 1.807) is 7.24 Å². The van der Waals surface area contributed by atoms with E-state index in [1.807, 2.05) is 0 Å². The van der Waals surface area contributed by atoms with E-state index in [9.17, 15) is 0 Å². The van der Waals surface area contributed by atoms with Crippen LogP contribution >= 0.6 is 0 Å². The normalized spacial score (nSPS) is 16.5. The fraction of sp³-hybridized carbons (Fsp3) is 0.552. The molecule has 2 rings (SSSR count). The quantitative estimate of drug-likeness (QED) is 0.273. The molecule has 0 N–H and O–H groups in total. The molecular formula is C29H43OTe+. The van der Waals surface area contributed by atoms with Gasteiger partial charge in [0.05, 0.1) is 0 Å². The van der Waals surface area contributed by atoms with Crippen LogP contribution in [0.25, 0.3) is 6.08 Å². The zero-order valence-corrected chi connectivity index (χ0v) is 24.2. The summed E-state index contributed by atoms with van der Waals surface area (Å²) in [6, 6.07) is 4.37. The van der Waals surface area contributed by atoms with Crippen molar-refractivity contribution in [2.75, 3.05) is 0 Å². The molecule has 2 heteroatoms. The van der Waals surface area contributed by atoms with Gasteiger partial charge in [-0.25, -0.2) is 0 Å². The summed E-state index contributed by atoms with van der Waals surface area (Å²) < 4.78 is 9.55. The van der Waals surface area contributed by atoms with Crippen LogP contribution in [0.2, 0.25) is 0 Å². The summed E-state index contributed by atoms with van der Waals surface area (Å²) in [7, 11) is 0. The van der Waals surface area contributed by atoms with Gasteiger partial charge in [-0.2, -0.15) is 0 Å². The third-order valence-electron chi connectivity index (χ3n) is 5.17. The summed E-state index contributed by atoms with van der Waals surface area (Å²) in [6.07, 6.45) is 11.5. The second-order valence-electron chi connectivity index (χ2n) is 12.8. The predicted octanol–water partition coefficient (Wildman–Crippen LogP) is 8.67. The summed E-state index contributed by atoms with van der Waals surface area (Å²) in [5.41, 5.74) is 2.94. The summed E-state index contributed by atoms with van der Waals surface area (Å²) in [6.45, 7) is 27.3. The van der Waals surface area contributed by atoms with Crippen LogP contribution in [0.1, 0.15) is 100 Å². The maximum atomic E-state index is 6.28. The molecule has 0 saturated heterocycles. The van der Waals surface area contributed by atoms with Crippen molar-refractivity contribution in [3.05, 3.63) is 66.3 Å². The molecule has 2 heterocycles. The Morgan fingerprint density at radius 3 is 1.42 bits per heavy atom. The number of hydrogen-bond acceptors (Lipinski definition) is 0. The Morgan fingerprint density at radius 2 is 1.06 bits per heavy atom. The Bertz CT molecular complexity index is 863. The predicted molar refractivity (Wildman–Crippen MR) is 138 cm³/mol. The molecule has 0 amide bonds. The molecule has 0 spiro atoms. The molecule has 0 radical (unpaired) electrons. The average molecular weight is 535 g/mol.